The number of anilines is 1. The van der Waals surface area contributed by atoms with Crippen molar-refractivity contribution in [2.45, 2.75) is 13.3 Å². The van der Waals surface area contributed by atoms with Gasteiger partial charge in [0.2, 0.25) is 0 Å². The summed E-state index contributed by atoms with van der Waals surface area (Å²) in [6.07, 6.45) is 1.20. The summed E-state index contributed by atoms with van der Waals surface area (Å²) in [7, 11) is 0. The number of hydrogen-bond acceptors (Lipinski definition) is 3. The molecule has 4 nitrogen and oxygen atoms in total. The van der Waals surface area contributed by atoms with Gasteiger partial charge in [0, 0.05) is 31.4 Å². The molecular formula is C9H18Cl2N4. The number of hydrogen-bond donors (Lipinski definition) is 2. The van der Waals surface area contributed by atoms with E-state index in [2.05, 4.69) is 26.5 Å². The topological polar surface area (TPSA) is 44.0 Å². The Morgan fingerprint density at radius 2 is 2.07 bits per heavy atom. The first kappa shape index (κ1) is 14.6. The van der Waals surface area contributed by atoms with Crippen LogP contribution in [-0.4, -0.2) is 36.4 Å². The monoisotopic (exact) mass is 252 g/mol. The normalized spacial score (nSPS) is 16.2. The van der Waals surface area contributed by atoms with Gasteiger partial charge >= 0.3 is 0 Å². The molecule has 2 N–H and O–H groups in total. The molecule has 88 valence electrons. The van der Waals surface area contributed by atoms with Gasteiger partial charge in [0.25, 0.3) is 0 Å². The maximum atomic E-state index is 4.25. The second-order valence-corrected chi connectivity index (χ2v) is 3.50. The Balaban J connectivity index is 0.000000980. The van der Waals surface area contributed by atoms with Crippen LogP contribution < -0.4 is 10.2 Å². The largest absolute Gasteiger partial charge is 0.354 e. The van der Waals surface area contributed by atoms with Gasteiger partial charge < -0.3 is 10.2 Å². The number of rotatable bonds is 1. The average Bonchev–Trinajstić information content (AvgIpc) is 2.43. The van der Waals surface area contributed by atoms with Crippen LogP contribution in [-0.2, 0) is 0 Å². The van der Waals surface area contributed by atoms with Crippen molar-refractivity contribution in [1.82, 2.24) is 15.5 Å². The second kappa shape index (κ2) is 6.93. The van der Waals surface area contributed by atoms with E-state index in [0.717, 1.165) is 37.7 Å². The summed E-state index contributed by atoms with van der Waals surface area (Å²) >= 11 is 0. The smallest absolute Gasteiger partial charge is 0.150 e. The fraction of sp³-hybridized carbons (Fsp3) is 0.667. The molecular weight excluding hydrogens is 235 g/mol. The summed E-state index contributed by atoms with van der Waals surface area (Å²) in [6.45, 7) is 6.39. The summed E-state index contributed by atoms with van der Waals surface area (Å²) in [5.41, 5.74) is 1.13. The summed E-state index contributed by atoms with van der Waals surface area (Å²) in [5, 5.41) is 10.6. The van der Waals surface area contributed by atoms with E-state index >= 15 is 0 Å². The van der Waals surface area contributed by atoms with Crippen molar-refractivity contribution in [1.29, 1.82) is 0 Å². The van der Waals surface area contributed by atoms with E-state index in [1.807, 2.05) is 6.92 Å². The van der Waals surface area contributed by atoms with Crippen LogP contribution in [0.1, 0.15) is 12.1 Å². The predicted molar refractivity (Wildman–Crippen MR) is 67.5 cm³/mol. The molecule has 1 fully saturated rings. The van der Waals surface area contributed by atoms with E-state index in [0.29, 0.717) is 0 Å². The molecule has 0 aromatic carbocycles. The lowest BCUT2D eigenvalue weighted by Gasteiger charge is -2.18. The highest BCUT2D eigenvalue weighted by molar-refractivity contribution is 5.85. The van der Waals surface area contributed by atoms with E-state index in [4.69, 9.17) is 0 Å². The number of halogens is 2. The van der Waals surface area contributed by atoms with E-state index in [1.54, 1.807) is 0 Å². The second-order valence-electron chi connectivity index (χ2n) is 3.50. The average molecular weight is 253 g/mol. The Labute approximate surface area is 103 Å². The maximum Gasteiger partial charge on any atom is 0.150 e. The number of H-pyrrole nitrogens is 1. The van der Waals surface area contributed by atoms with Crippen LogP contribution in [0.4, 0.5) is 5.82 Å². The molecule has 1 aromatic heterocycles. The summed E-state index contributed by atoms with van der Waals surface area (Å²) in [6, 6.07) is 2.10. The molecule has 0 atom stereocenters. The van der Waals surface area contributed by atoms with Crippen molar-refractivity contribution in [3.8, 4) is 0 Å². The van der Waals surface area contributed by atoms with Crippen molar-refractivity contribution < 1.29 is 0 Å². The third kappa shape index (κ3) is 3.89. The van der Waals surface area contributed by atoms with Crippen LogP contribution in [0.2, 0.25) is 0 Å². The summed E-state index contributed by atoms with van der Waals surface area (Å²) in [5.74, 6) is 1.08. The van der Waals surface area contributed by atoms with Crippen molar-refractivity contribution in [3.05, 3.63) is 11.8 Å². The molecule has 0 aliphatic carbocycles. The van der Waals surface area contributed by atoms with Gasteiger partial charge in [0.05, 0.1) is 0 Å². The minimum absolute atomic E-state index is 0. The first-order chi connectivity index (χ1) is 6.36. The number of aryl methyl sites for hydroxylation is 1. The van der Waals surface area contributed by atoms with Gasteiger partial charge in [-0.15, -0.1) is 24.8 Å². The molecule has 0 radical (unpaired) electrons. The molecule has 0 amide bonds. The van der Waals surface area contributed by atoms with E-state index in [9.17, 15) is 0 Å². The molecule has 2 heterocycles. The molecule has 0 bridgehead atoms. The quantitative estimate of drug-likeness (QED) is 0.794. The van der Waals surface area contributed by atoms with Gasteiger partial charge in [-0.2, -0.15) is 5.10 Å². The highest BCUT2D eigenvalue weighted by Crippen LogP contribution is 2.12. The Kier molecular flexibility index (Phi) is 6.72. The fourth-order valence-electron chi connectivity index (χ4n) is 1.64. The van der Waals surface area contributed by atoms with Crippen molar-refractivity contribution >= 4 is 30.6 Å². The fourth-order valence-corrected chi connectivity index (χ4v) is 1.64. The van der Waals surface area contributed by atoms with Gasteiger partial charge in [-0.25, -0.2) is 0 Å². The maximum absolute atomic E-state index is 4.25. The zero-order valence-corrected chi connectivity index (χ0v) is 10.5. The van der Waals surface area contributed by atoms with Crippen molar-refractivity contribution in [2.24, 2.45) is 0 Å². The van der Waals surface area contributed by atoms with E-state index in [1.165, 1.54) is 6.42 Å². The molecule has 15 heavy (non-hydrogen) atoms. The van der Waals surface area contributed by atoms with Gasteiger partial charge in [-0.3, -0.25) is 5.10 Å². The molecule has 1 aliphatic rings. The first-order valence-electron chi connectivity index (χ1n) is 4.84. The highest BCUT2D eigenvalue weighted by Gasteiger charge is 2.11. The Morgan fingerprint density at radius 3 is 2.73 bits per heavy atom. The van der Waals surface area contributed by atoms with Crippen LogP contribution in [0.15, 0.2) is 6.07 Å². The van der Waals surface area contributed by atoms with Crippen LogP contribution >= 0.6 is 24.8 Å². The first-order valence-corrected chi connectivity index (χ1v) is 4.84. The minimum Gasteiger partial charge on any atom is -0.354 e. The molecule has 0 spiro atoms. The van der Waals surface area contributed by atoms with Crippen molar-refractivity contribution in [3.63, 3.8) is 0 Å². The van der Waals surface area contributed by atoms with Crippen LogP contribution in [0, 0.1) is 6.92 Å². The summed E-state index contributed by atoms with van der Waals surface area (Å²) in [4.78, 5) is 2.32. The number of aromatic nitrogens is 2. The lowest BCUT2D eigenvalue weighted by atomic mass is 10.4. The van der Waals surface area contributed by atoms with Gasteiger partial charge in [-0.1, -0.05) is 0 Å². The van der Waals surface area contributed by atoms with Crippen LogP contribution in [0.25, 0.3) is 0 Å². The summed E-state index contributed by atoms with van der Waals surface area (Å²) < 4.78 is 0. The lowest BCUT2D eigenvalue weighted by Crippen LogP contribution is -2.28. The number of nitrogens with one attached hydrogen (secondary N) is 2. The third-order valence-corrected chi connectivity index (χ3v) is 2.36. The number of aromatic amines is 1. The third-order valence-electron chi connectivity index (χ3n) is 2.36. The van der Waals surface area contributed by atoms with E-state index in [-0.39, 0.29) is 24.8 Å². The lowest BCUT2D eigenvalue weighted by molar-refractivity contribution is 0.724. The van der Waals surface area contributed by atoms with Gasteiger partial charge in [-0.05, 0) is 19.9 Å². The Morgan fingerprint density at radius 1 is 1.27 bits per heavy atom. The Hall–Kier alpha value is -0.450. The molecule has 1 aliphatic heterocycles. The zero-order chi connectivity index (χ0) is 9.10. The zero-order valence-electron chi connectivity index (χ0n) is 8.82. The van der Waals surface area contributed by atoms with Gasteiger partial charge in [0.1, 0.15) is 0 Å². The van der Waals surface area contributed by atoms with Crippen LogP contribution in [0.3, 0.4) is 0 Å². The van der Waals surface area contributed by atoms with Crippen molar-refractivity contribution in [2.75, 3.05) is 31.1 Å². The molecule has 1 aromatic rings. The Bertz CT molecular complexity index is 269. The van der Waals surface area contributed by atoms with Crippen LogP contribution in [0.5, 0.6) is 0 Å². The standard InChI is InChI=1S/C9H16N4.2ClH/c1-8-7-9(12-11-8)13-5-2-3-10-4-6-13;;/h7,10H,2-6H2,1H3,(H,11,12);2*1H. The molecule has 2 rings (SSSR count). The van der Waals surface area contributed by atoms with E-state index < -0.39 is 0 Å². The minimum atomic E-state index is 0. The highest BCUT2D eigenvalue weighted by atomic mass is 35.5. The SMILES string of the molecule is Cc1cc(N2CCCNCC2)n[nH]1.Cl.Cl. The van der Waals surface area contributed by atoms with Gasteiger partial charge in [0.15, 0.2) is 5.82 Å². The molecule has 0 saturated carbocycles. The molecule has 6 heteroatoms. The predicted octanol–water partition coefficient (Wildman–Crippen LogP) is 1.36. The number of nitrogens with zero attached hydrogens (tertiary/aromatic N) is 2. The molecule has 1 saturated heterocycles. The molecule has 0 unspecified atom stereocenters.